The van der Waals surface area contributed by atoms with Gasteiger partial charge in [0, 0.05) is 12.6 Å². The molecule has 1 heterocycles. The summed E-state index contributed by atoms with van der Waals surface area (Å²) in [6.07, 6.45) is 1.98. The van der Waals surface area contributed by atoms with Crippen molar-refractivity contribution in [2.45, 2.75) is 18.9 Å². The van der Waals surface area contributed by atoms with Gasteiger partial charge in [0.2, 0.25) is 0 Å². The molecule has 1 fully saturated rings. The molecule has 16 heavy (non-hydrogen) atoms. The largest absolute Gasteiger partial charge is 0.497 e. The number of methoxy groups -OCH3 is 1. The molecule has 1 aliphatic rings. The Morgan fingerprint density at radius 1 is 1.56 bits per heavy atom. The van der Waals surface area contributed by atoms with Crippen LogP contribution in [0.1, 0.15) is 12.0 Å². The van der Waals surface area contributed by atoms with Gasteiger partial charge in [0.1, 0.15) is 5.75 Å². The van der Waals surface area contributed by atoms with E-state index in [1.807, 2.05) is 12.1 Å². The Bertz CT molecular complexity index is 334. The van der Waals surface area contributed by atoms with E-state index in [9.17, 15) is 0 Å². The monoisotopic (exact) mass is 221 g/mol. The molecule has 1 saturated heterocycles. The van der Waals surface area contributed by atoms with E-state index in [1.165, 1.54) is 5.56 Å². The number of nitrogens with two attached hydrogens (primary N) is 1. The lowest BCUT2D eigenvalue weighted by atomic mass is 9.94. The topological polar surface area (TPSA) is 44.5 Å². The lowest BCUT2D eigenvalue weighted by Gasteiger charge is -2.17. The minimum atomic E-state index is 0.189. The van der Waals surface area contributed by atoms with Crippen LogP contribution in [0, 0.1) is 5.92 Å². The molecule has 0 aromatic heterocycles. The molecule has 3 nitrogen and oxygen atoms in total. The Balaban J connectivity index is 1.96. The predicted molar refractivity (Wildman–Crippen MR) is 63.6 cm³/mol. The third kappa shape index (κ3) is 2.74. The smallest absolute Gasteiger partial charge is 0.119 e. The average Bonchev–Trinajstić information content (AvgIpc) is 2.83. The quantitative estimate of drug-likeness (QED) is 0.840. The van der Waals surface area contributed by atoms with E-state index in [0.717, 1.165) is 31.8 Å². The van der Waals surface area contributed by atoms with Crippen LogP contribution in [0.25, 0.3) is 0 Å². The van der Waals surface area contributed by atoms with Crippen molar-refractivity contribution < 1.29 is 9.47 Å². The van der Waals surface area contributed by atoms with Crippen molar-refractivity contribution in [2.24, 2.45) is 11.7 Å². The molecular formula is C13H19NO2. The minimum absolute atomic E-state index is 0.189. The third-order valence-electron chi connectivity index (χ3n) is 3.18. The maximum atomic E-state index is 6.18. The van der Waals surface area contributed by atoms with Crippen LogP contribution in [0.15, 0.2) is 24.3 Å². The maximum Gasteiger partial charge on any atom is 0.119 e. The van der Waals surface area contributed by atoms with Crippen molar-refractivity contribution in [3.8, 4) is 5.75 Å². The standard InChI is InChI=1S/C13H19NO2/c1-15-12-4-2-3-10(7-12)8-13(14)11-5-6-16-9-11/h2-4,7,11,13H,5-6,8-9,14H2,1H3. The van der Waals surface area contributed by atoms with Gasteiger partial charge in [-0.15, -0.1) is 0 Å². The van der Waals surface area contributed by atoms with Gasteiger partial charge in [-0.1, -0.05) is 12.1 Å². The third-order valence-corrected chi connectivity index (χ3v) is 3.18. The van der Waals surface area contributed by atoms with E-state index in [4.69, 9.17) is 15.2 Å². The van der Waals surface area contributed by atoms with E-state index >= 15 is 0 Å². The molecule has 1 aromatic carbocycles. The van der Waals surface area contributed by atoms with Gasteiger partial charge < -0.3 is 15.2 Å². The second-order valence-electron chi connectivity index (χ2n) is 4.34. The van der Waals surface area contributed by atoms with Gasteiger partial charge in [-0.2, -0.15) is 0 Å². The van der Waals surface area contributed by atoms with Gasteiger partial charge in [-0.3, -0.25) is 0 Å². The summed E-state index contributed by atoms with van der Waals surface area (Å²) in [7, 11) is 1.68. The fourth-order valence-corrected chi connectivity index (χ4v) is 2.13. The molecule has 3 heteroatoms. The summed E-state index contributed by atoms with van der Waals surface area (Å²) in [5, 5.41) is 0. The van der Waals surface area contributed by atoms with Gasteiger partial charge in [-0.05, 0) is 36.5 Å². The van der Waals surface area contributed by atoms with Crippen LogP contribution in [0.5, 0.6) is 5.75 Å². The highest BCUT2D eigenvalue weighted by molar-refractivity contribution is 5.29. The van der Waals surface area contributed by atoms with Crippen molar-refractivity contribution >= 4 is 0 Å². The number of rotatable bonds is 4. The van der Waals surface area contributed by atoms with E-state index in [1.54, 1.807) is 7.11 Å². The van der Waals surface area contributed by atoms with Crippen molar-refractivity contribution in [2.75, 3.05) is 20.3 Å². The number of hydrogen-bond acceptors (Lipinski definition) is 3. The van der Waals surface area contributed by atoms with Crippen molar-refractivity contribution in [3.05, 3.63) is 29.8 Å². The second-order valence-corrected chi connectivity index (χ2v) is 4.34. The molecule has 2 N–H and O–H groups in total. The molecule has 0 radical (unpaired) electrons. The van der Waals surface area contributed by atoms with Crippen LogP contribution < -0.4 is 10.5 Å². The first-order valence-electron chi connectivity index (χ1n) is 5.76. The first-order valence-corrected chi connectivity index (χ1v) is 5.76. The van der Waals surface area contributed by atoms with Crippen LogP contribution >= 0.6 is 0 Å². The molecule has 0 aliphatic carbocycles. The highest BCUT2D eigenvalue weighted by Gasteiger charge is 2.22. The Kier molecular flexibility index (Phi) is 3.80. The normalized spacial score (nSPS) is 22.0. The molecule has 0 amide bonds. The maximum absolute atomic E-state index is 6.18. The molecule has 0 bridgehead atoms. The zero-order valence-corrected chi connectivity index (χ0v) is 9.69. The highest BCUT2D eigenvalue weighted by Crippen LogP contribution is 2.20. The molecule has 2 atom stereocenters. The summed E-state index contributed by atoms with van der Waals surface area (Å²) < 4.78 is 10.6. The molecular weight excluding hydrogens is 202 g/mol. The Morgan fingerprint density at radius 3 is 3.12 bits per heavy atom. The van der Waals surface area contributed by atoms with E-state index in [-0.39, 0.29) is 6.04 Å². The van der Waals surface area contributed by atoms with Crippen LogP contribution in [0.4, 0.5) is 0 Å². The number of benzene rings is 1. The molecule has 1 aromatic rings. The van der Waals surface area contributed by atoms with Crippen LogP contribution in [-0.2, 0) is 11.2 Å². The summed E-state index contributed by atoms with van der Waals surface area (Å²) >= 11 is 0. The number of ether oxygens (including phenoxy) is 2. The summed E-state index contributed by atoms with van der Waals surface area (Å²) in [5.41, 5.74) is 7.42. The Hall–Kier alpha value is -1.06. The summed E-state index contributed by atoms with van der Waals surface area (Å²) in [5.74, 6) is 1.40. The van der Waals surface area contributed by atoms with Crippen molar-refractivity contribution in [1.29, 1.82) is 0 Å². The first kappa shape index (κ1) is 11.4. The molecule has 0 saturated carbocycles. The van der Waals surface area contributed by atoms with Crippen molar-refractivity contribution in [1.82, 2.24) is 0 Å². The fraction of sp³-hybridized carbons (Fsp3) is 0.538. The first-order chi connectivity index (χ1) is 7.79. The fourth-order valence-electron chi connectivity index (χ4n) is 2.13. The molecule has 1 aliphatic heterocycles. The highest BCUT2D eigenvalue weighted by atomic mass is 16.5. The Morgan fingerprint density at radius 2 is 2.44 bits per heavy atom. The van der Waals surface area contributed by atoms with Crippen LogP contribution in [-0.4, -0.2) is 26.4 Å². The lowest BCUT2D eigenvalue weighted by molar-refractivity contribution is 0.180. The predicted octanol–water partition coefficient (Wildman–Crippen LogP) is 1.60. The van der Waals surface area contributed by atoms with Crippen LogP contribution in [0.2, 0.25) is 0 Å². The second kappa shape index (κ2) is 5.32. The summed E-state index contributed by atoms with van der Waals surface area (Å²) in [6.45, 7) is 1.67. The molecule has 2 rings (SSSR count). The average molecular weight is 221 g/mol. The molecule has 0 spiro atoms. The summed E-state index contributed by atoms with van der Waals surface area (Å²) in [4.78, 5) is 0. The van der Waals surface area contributed by atoms with E-state index in [0.29, 0.717) is 5.92 Å². The molecule has 88 valence electrons. The van der Waals surface area contributed by atoms with Gasteiger partial charge in [0.25, 0.3) is 0 Å². The van der Waals surface area contributed by atoms with Crippen molar-refractivity contribution in [3.63, 3.8) is 0 Å². The summed E-state index contributed by atoms with van der Waals surface area (Å²) in [6, 6.07) is 8.29. The lowest BCUT2D eigenvalue weighted by Crippen LogP contribution is -2.32. The van der Waals surface area contributed by atoms with E-state index in [2.05, 4.69) is 12.1 Å². The number of hydrogen-bond donors (Lipinski definition) is 1. The Labute approximate surface area is 96.5 Å². The van der Waals surface area contributed by atoms with Gasteiger partial charge in [0.05, 0.1) is 13.7 Å². The van der Waals surface area contributed by atoms with Gasteiger partial charge in [-0.25, -0.2) is 0 Å². The van der Waals surface area contributed by atoms with Crippen LogP contribution in [0.3, 0.4) is 0 Å². The van der Waals surface area contributed by atoms with Gasteiger partial charge in [0.15, 0.2) is 0 Å². The minimum Gasteiger partial charge on any atom is -0.497 e. The molecule has 2 unspecified atom stereocenters. The van der Waals surface area contributed by atoms with E-state index < -0.39 is 0 Å². The zero-order chi connectivity index (χ0) is 11.4. The SMILES string of the molecule is COc1cccc(CC(N)C2CCOC2)c1. The zero-order valence-electron chi connectivity index (χ0n) is 9.69. The van der Waals surface area contributed by atoms with Gasteiger partial charge >= 0.3 is 0 Å².